The fraction of sp³-hybridized carbons (Fsp3) is 0.900. The van der Waals surface area contributed by atoms with Crippen LogP contribution in [0.5, 0.6) is 0 Å². The van der Waals surface area contributed by atoms with Crippen LogP contribution in [-0.2, 0) is 9.53 Å². The minimum absolute atomic E-state index is 0.122. The molecule has 2 aliphatic heterocycles. The second-order valence-electron chi connectivity index (χ2n) is 4.17. The van der Waals surface area contributed by atoms with E-state index in [0.29, 0.717) is 31.3 Å². The Bertz CT molecular complexity index is 210. The van der Waals surface area contributed by atoms with E-state index in [2.05, 4.69) is 4.90 Å². The van der Waals surface area contributed by atoms with Crippen molar-refractivity contribution < 1.29 is 9.53 Å². The van der Waals surface area contributed by atoms with Crippen LogP contribution < -0.4 is 5.73 Å². The summed E-state index contributed by atoms with van der Waals surface area (Å²) in [7, 11) is 0. The van der Waals surface area contributed by atoms with Gasteiger partial charge in [-0.05, 0) is 6.42 Å². The number of rotatable bonds is 1. The molecule has 2 heterocycles. The van der Waals surface area contributed by atoms with Gasteiger partial charge in [0.05, 0.1) is 6.61 Å². The second-order valence-corrected chi connectivity index (χ2v) is 4.17. The molecule has 0 unspecified atom stereocenters. The van der Waals surface area contributed by atoms with Crippen molar-refractivity contribution in [2.75, 3.05) is 26.3 Å². The van der Waals surface area contributed by atoms with Gasteiger partial charge in [0, 0.05) is 44.6 Å². The van der Waals surface area contributed by atoms with E-state index < -0.39 is 0 Å². The third-order valence-corrected chi connectivity index (χ3v) is 3.19. The lowest BCUT2D eigenvalue weighted by Gasteiger charge is -2.39. The standard InChI is InChI=1S/C10H18N2O2/c11-9-7-14-6-3-10(9)12-4-1-8(13)2-5-12/h9-10H,1-7,11H2/t9-,10-/m1/s1. The lowest BCUT2D eigenvalue weighted by Crippen LogP contribution is -2.55. The zero-order valence-corrected chi connectivity index (χ0v) is 8.45. The Balaban J connectivity index is 1.90. The minimum atomic E-state index is 0.122. The molecule has 0 aliphatic carbocycles. The van der Waals surface area contributed by atoms with E-state index in [1.165, 1.54) is 0 Å². The molecule has 0 aromatic rings. The molecule has 2 fully saturated rings. The van der Waals surface area contributed by atoms with Crippen LogP contribution in [0.2, 0.25) is 0 Å². The highest BCUT2D eigenvalue weighted by molar-refractivity contribution is 5.79. The van der Waals surface area contributed by atoms with Crippen molar-refractivity contribution in [3.63, 3.8) is 0 Å². The van der Waals surface area contributed by atoms with Gasteiger partial charge in [-0.3, -0.25) is 9.69 Å². The van der Waals surface area contributed by atoms with Crippen LogP contribution in [0.4, 0.5) is 0 Å². The Morgan fingerprint density at radius 2 is 2.07 bits per heavy atom. The van der Waals surface area contributed by atoms with Gasteiger partial charge >= 0.3 is 0 Å². The van der Waals surface area contributed by atoms with E-state index >= 15 is 0 Å². The molecule has 0 saturated carbocycles. The van der Waals surface area contributed by atoms with Gasteiger partial charge in [0.2, 0.25) is 0 Å². The highest BCUT2D eigenvalue weighted by Crippen LogP contribution is 2.17. The zero-order chi connectivity index (χ0) is 9.97. The van der Waals surface area contributed by atoms with E-state index in [1.54, 1.807) is 0 Å². The molecule has 0 aromatic carbocycles. The average Bonchev–Trinajstić information content (AvgIpc) is 2.20. The summed E-state index contributed by atoms with van der Waals surface area (Å²) in [6, 6.07) is 0.550. The third-order valence-electron chi connectivity index (χ3n) is 3.19. The van der Waals surface area contributed by atoms with Gasteiger partial charge in [0.1, 0.15) is 5.78 Å². The van der Waals surface area contributed by atoms with Gasteiger partial charge in [0.25, 0.3) is 0 Å². The molecule has 14 heavy (non-hydrogen) atoms. The summed E-state index contributed by atoms with van der Waals surface area (Å²) in [5, 5.41) is 0. The number of nitrogens with two attached hydrogens (primary N) is 1. The van der Waals surface area contributed by atoms with Gasteiger partial charge in [-0.1, -0.05) is 0 Å². The minimum Gasteiger partial charge on any atom is -0.380 e. The molecule has 2 atom stereocenters. The molecule has 80 valence electrons. The summed E-state index contributed by atoms with van der Waals surface area (Å²) >= 11 is 0. The van der Waals surface area contributed by atoms with E-state index in [1.807, 2.05) is 0 Å². The summed E-state index contributed by atoms with van der Waals surface area (Å²) in [6.45, 7) is 3.24. The molecule has 0 amide bonds. The molecule has 0 spiro atoms. The Kier molecular flexibility index (Phi) is 3.15. The molecular weight excluding hydrogens is 180 g/mol. The molecule has 0 radical (unpaired) electrons. The maximum Gasteiger partial charge on any atom is 0.135 e. The molecule has 2 aliphatic rings. The van der Waals surface area contributed by atoms with Crippen LogP contribution in [0.3, 0.4) is 0 Å². The second kappa shape index (κ2) is 4.38. The van der Waals surface area contributed by atoms with Crippen LogP contribution in [0.15, 0.2) is 0 Å². The van der Waals surface area contributed by atoms with Gasteiger partial charge in [-0.25, -0.2) is 0 Å². The van der Waals surface area contributed by atoms with E-state index in [4.69, 9.17) is 10.5 Å². The van der Waals surface area contributed by atoms with Crippen molar-refractivity contribution in [2.24, 2.45) is 5.73 Å². The topological polar surface area (TPSA) is 55.6 Å². The van der Waals surface area contributed by atoms with Crippen molar-refractivity contribution in [3.8, 4) is 0 Å². The first kappa shape index (κ1) is 10.1. The number of hydrogen-bond donors (Lipinski definition) is 1. The lowest BCUT2D eigenvalue weighted by atomic mass is 9.99. The summed E-state index contributed by atoms with van der Waals surface area (Å²) < 4.78 is 5.31. The van der Waals surface area contributed by atoms with Crippen molar-refractivity contribution in [1.82, 2.24) is 4.90 Å². The molecule has 0 aromatic heterocycles. The Labute approximate surface area is 84.4 Å². The summed E-state index contributed by atoms with van der Waals surface area (Å²) in [6.07, 6.45) is 2.41. The quantitative estimate of drug-likeness (QED) is 0.632. The molecule has 0 bridgehead atoms. The van der Waals surface area contributed by atoms with Crippen LogP contribution >= 0.6 is 0 Å². The van der Waals surface area contributed by atoms with Gasteiger partial charge in [0.15, 0.2) is 0 Å². The van der Waals surface area contributed by atoms with Crippen LogP contribution in [0, 0.1) is 0 Å². The smallest absolute Gasteiger partial charge is 0.135 e. The number of ether oxygens (including phenoxy) is 1. The lowest BCUT2D eigenvalue weighted by molar-refractivity contribution is -0.122. The number of carbonyl (C=O) groups is 1. The highest BCUT2D eigenvalue weighted by atomic mass is 16.5. The number of Topliss-reactive ketones (excluding diaryl/α,β-unsaturated/α-hetero) is 1. The first-order valence-corrected chi connectivity index (χ1v) is 5.36. The van der Waals surface area contributed by atoms with E-state index in [9.17, 15) is 4.79 Å². The molecular formula is C10H18N2O2. The fourth-order valence-corrected chi connectivity index (χ4v) is 2.31. The van der Waals surface area contributed by atoms with Crippen LogP contribution in [0.25, 0.3) is 0 Å². The molecule has 4 nitrogen and oxygen atoms in total. The predicted octanol–water partition coefficient (Wildman–Crippen LogP) is -0.233. The van der Waals surface area contributed by atoms with Gasteiger partial charge in [-0.2, -0.15) is 0 Å². The molecule has 4 heteroatoms. The van der Waals surface area contributed by atoms with Crippen molar-refractivity contribution in [3.05, 3.63) is 0 Å². The molecule has 2 saturated heterocycles. The third kappa shape index (κ3) is 2.13. The number of piperidine rings is 1. The molecule has 2 N–H and O–H groups in total. The Morgan fingerprint density at radius 1 is 1.36 bits per heavy atom. The number of hydrogen-bond acceptors (Lipinski definition) is 4. The SMILES string of the molecule is N[C@@H]1COCC[C@H]1N1CCC(=O)CC1. The fourth-order valence-electron chi connectivity index (χ4n) is 2.31. The summed E-state index contributed by atoms with van der Waals surface area (Å²) in [5.74, 6) is 0.391. The van der Waals surface area contributed by atoms with Crippen molar-refractivity contribution in [2.45, 2.75) is 31.3 Å². The number of nitrogens with zero attached hydrogens (tertiary/aromatic N) is 1. The maximum absolute atomic E-state index is 11.1. The predicted molar refractivity (Wildman–Crippen MR) is 53.0 cm³/mol. The Hall–Kier alpha value is -0.450. The number of carbonyl (C=O) groups excluding carboxylic acids is 1. The largest absolute Gasteiger partial charge is 0.380 e. The average molecular weight is 198 g/mol. The van der Waals surface area contributed by atoms with Crippen molar-refractivity contribution in [1.29, 1.82) is 0 Å². The van der Waals surface area contributed by atoms with Crippen molar-refractivity contribution >= 4 is 5.78 Å². The highest BCUT2D eigenvalue weighted by Gasteiger charge is 2.30. The maximum atomic E-state index is 11.1. The number of ketones is 1. The zero-order valence-electron chi connectivity index (χ0n) is 8.45. The normalized spacial score (nSPS) is 35.9. The van der Waals surface area contributed by atoms with Crippen LogP contribution in [0.1, 0.15) is 19.3 Å². The first-order valence-electron chi connectivity index (χ1n) is 5.36. The Morgan fingerprint density at radius 3 is 2.71 bits per heavy atom. The van der Waals surface area contributed by atoms with E-state index in [0.717, 1.165) is 26.1 Å². The van der Waals surface area contributed by atoms with Gasteiger partial charge in [-0.15, -0.1) is 0 Å². The first-order chi connectivity index (χ1) is 6.77. The van der Waals surface area contributed by atoms with E-state index in [-0.39, 0.29) is 6.04 Å². The molecule has 2 rings (SSSR count). The monoisotopic (exact) mass is 198 g/mol. The summed E-state index contributed by atoms with van der Waals surface area (Å²) in [4.78, 5) is 13.4. The summed E-state index contributed by atoms with van der Waals surface area (Å²) in [5.41, 5.74) is 5.99. The van der Waals surface area contributed by atoms with Crippen LogP contribution in [-0.4, -0.2) is 49.1 Å². The number of likely N-dealkylation sites (tertiary alicyclic amines) is 1. The van der Waals surface area contributed by atoms with Gasteiger partial charge < -0.3 is 10.5 Å².